The number of nitrogen functional groups attached to an aromatic ring is 1. The van der Waals surface area contributed by atoms with Crippen LogP contribution < -0.4 is 16.8 Å². The zero-order valence-corrected chi connectivity index (χ0v) is 8.66. The molecule has 0 bridgehead atoms. The van der Waals surface area contributed by atoms with Gasteiger partial charge in [-0.05, 0) is 18.2 Å². The van der Waals surface area contributed by atoms with Gasteiger partial charge in [-0.1, -0.05) is 0 Å². The van der Waals surface area contributed by atoms with Gasteiger partial charge in [0.15, 0.2) is 0 Å². The number of carbonyl (C=O) groups excluding carboxylic acids is 1. The van der Waals surface area contributed by atoms with E-state index in [0.29, 0.717) is 18.2 Å². The number of hydrogen-bond donors (Lipinski definition) is 4. The average Bonchev–Trinajstić information content (AvgIpc) is 2.58. The number of amides is 1. The number of fused-ring (bicyclic) bond motifs is 1. The van der Waals surface area contributed by atoms with Crippen molar-refractivity contribution >= 4 is 28.6 Å². The molecule has 0 radical (unpaired) electrons. The van der Waals surface area contributed by atoms with Crippen LogP contribution in [0.4, 0.5) is 11.6 Å². The molecule has 1 heterocycles. The Balaban J connectivity index is 2.10. The van der Waals surface area contributed by atoms with Crippen LogP contribution in [-0.2, 0) is 4.79 Å². The molecule has 0 saturated heterocycles. The molecule has 0 unspecified atom stereocenters. The summed E-state index contributed by atoms with van der Waals surface area (Å²) in [5, 5.41) is 2.98. The largest absolute Gasteiger partial charge is 0.399 e. The zero-order chi connectivity index (χ0) is 11.5. The fourth-order valence-electron chi connectivity index (χ4n) is 1.42. The molecular weight excluding hydrogens is 206 g/mol. The van der Waals surface area contributed by atoms with E-state index in [-0.39, 0.29) is 12.3 Å². The van der Waals surface area contributed by atoms with Crippen LogP contribution in [0.5, 0.6) is 0 Å². The Morgan fingerprint density at radius 1 is 1.50 bits per heavy atom. The van der Waals surface area contributed by atoms with Crippen LogP contribution in [0.3, 0.4) is 0 Å². The molecule has 2 rings (SSSR count). The molecular formula is C10H13N5O. The maximum absolute atomic E-state index is 10.5. The van der Waals surface area contributed by atoms with Crippen LogP contribution in [0.25, 0.3) is 11.0 Å². The molecule has 6 nitrogen and oxygen atoms in total. The summed E-state index contributed by atoms with van der Waals surface area (Å²) in [7, 11) is 0. The third-order valence-corrected chi connectivity index (χ3v) is 2.17. The van der Waals surface area contributed by atoms with Crippen molar-refractivity contribution in [3.05, 3.63) is 18.2 Å². The molecule has 0 aliphatic heterocycles. The smallest absolute Gasteiger partial charge is 0.219 e. The minimum atomic E-state index is -0.340. The van der Waals surface area contributed by atoms with E-state index in [1.807, 2.05) is 12.1 Å². The quantitative estimate of drug-likeness (QED) is 0.559. The lowest BCUT2D eigenvalue weighted by atomic mass is 10.3. The van der Waals surface area contributed by atoms with E-state index in [1.54, 1.807) is 6.07 Å². The normalized spacial score (nSPS) is 10.5. The van der Waals surface area contributed by atoms with Crippen LogP contribution in [0.15, 0.2) is 18.2 Å². The molecule has 1 amide bonds. The third kappa shape index (κ3) is 2.22. The number of anilines is 2. The highest BCUT2D eigenvalue weighted by atomic mass is 16.1. The molecule has 84 valence electrons. The predicted molar refractivity (Wildman–Crippen MR) is 62.8 cm³/mol. The van der Waals surface area contributed by atoms with Gasteiger partial charge in [-0.15, -0.1) is 0 Å². The minimum absolute atomic E-state index is 0.277. The topological polar surface area (TPSA) is 110 Å². The molecule has 0 aliphatic carbocycles. The van der Waals surface area contributed by atoms with Crippen LogP contribution in [0, 0.1) is 0 Å². The second-order valence-corrected chi connectivity index (χ2v) is 3.51. The summed E-state index contributed by atoms with van der Waals surface area (Å²) in [6.07, 6.45) is 0.277. The van der Waals surface area contributed by atoms with E-state index in [4.69, 9.17) is 11.5 Å². The van der Waals surface area contributed by atoms with Crippen molar-refractivity contribution in [2.24, 2.45) is 5.73 Å². The molecule has 16 heavy (non-hydrogen) atoms. The van der Waals surface area contributed by atoms with Crippen molar-refractivity contribution < 1.29 is 4.79 Å². The van der Waals surface area contributed by atoms with Gasteiger partial charge in [0.1, 0.15) is 0 Å². The number of nitrogens with one attached hydrogen (secondary N) is 2. The standard InChI is InChI=1S/C10H13N5O/c11-6-1-2-7-8(5-6)15-10(14-7)13-4-3-9(12)16/h1-2,5H,3-4,11H2,(H2,12,16)(H2,13,14,15). The number of imidazole rings is 1. The van der Waals surface area contributed by atoms with Gasteiger partial charge in [0, 0.05) is 18.7 Å². The second-order valence-electron chi connectivity index (χ2n) is 3.51. The van der Waals surface area contributed by atoms with Crippen LogP contribution in [-0.4, -0.2) is 22.4 Å². The summed E-state index contributed by atoms with van der Waals surface area (Å²) in [5.41, 5.74) is 13.0. The van der Waals surface area contributed by atoms with E-state index in [2.05, 4.69) is 15.3 Å². The Bertz CT molecular complexity index is 519. The molecule has 0 spiro atoms. The molecule has 6 N–H and O–H groups in total. The SMILES string of the molecule is NC(=O)CCNc1nc2ccc(N)cc2[nH]1. The first-order valence-electron chi connectivity index (χ1n) is 4.92. The van der Waals surface area contributed by atoms with Gasteiger partial charge in [-0.3, -0.25) is 4.79 Å². The Kier molecular flexibility index (Phi) is 2.63. The number of nitrogens with zero attached hydrogens (tertiary/aromatic N) is 1. The van der Waals surface area contributed by atoms with Gasteiger partial charge in [0.2, 0.25) is 11.9 Å². The maximum Gasteiger partial charge on any atom is 0.219 e. The fraction of sp³-hybridized carbons (Fsp3) is 0.200. The number of aromatic amines is 1. The monoisotopic (exact) mass is 219 g/mol. The first-order chi connectivity index (χ1) is 7.65. The average molecular weight is 219 g/mol. The molecule has 0 aliphatic rings. The highest BCUT2D eigenvalue weighted by Crippen LogP contribution is 2.16. The van der Waals surface area contributed by atoms with Crippen LogP contribution >= 0.6 is 0 Å². The molecule has 1 aromatic heterocycles. The third-order valence-electron chi connectivity index (χ3n) is 2.17. The minimum Gasteiger partial charge on any atom is -0.399 e. The number of carbonyl (C=O) groups is 1. The number of H-pyrrole nitrogens is 1. The number of primary amides is 1. The first-order valence-corrected chi connectivity index (χ1v) is 4.92. The van der Waals surface area contributed by atoms with Crippen molar-refractivity contribution in [2.45, 2.75) is 6.42 Å². The zero-order valence-electron chi connectivity index (χ0n) is 8.66. The molecule has 0 saturated carbocycles. The maximum atomic E-state index is 10.5. The van der Waals surface area contributed by atoms with Crippen molar-refractivity contribution in [3.8, 4) is 0 Å². The van der Waals surface area contributed by atoms with E-state index >= 15 is 0 Å². The van der Waals surface area contributed by atoms with E-state index in [9.17, 15) is 4.79 Å². The highest BCUT2D eigenvalue weighted by Gasteiger charge is 2.02. The van der Waals surface area contributed by atoms with E-state index < -0.39 is 0 Å². The van der Waals surface area contributed by atoms with Crippen molar-refractivity contribution in [3.63, 3.8) is 0 Å². The van der Waals surface area contributed by atoms with Gasteiger partial charge in [0.05, 0.1) is 11.0 Å². The van der Waals surface area contributed by atoms with Gasteiger partial charge >= 0.3 is 0 Å². The Morgan fingerprint density at radius 2 is 2.31 bits per heavy atom. The summed E-state index contributed by atoms with van der Waals surface area (Å²) in [5.74, 6) is 0.273. The lowest BCUT2D eigenvalue weighted by molar-refractivity contribution is -0.117. The summed E-state index contributed by atoms with van der Waals surface area (Å²) in [6, 6.07) is 5.43. The van der Waals surface area contributed by atoms with Crippen molar-refractivity contribution in [1.29, 1.82) is 0 Å². The number of rotatable bonds is 4. The molecule has 1 aromatic carbocycles. The summed E-state index contributed by atoms with van der Waals surface area (Å²) < 4.78 is 0. The van der Waals surface area contributed by atoms with Gasteiger partial charge in [-0.2, -0.15) is 0 Å². The van der Waals surface area contributed by atoms with Crippen LogP contribution in [0.2, 0.25) is 0 Å². The van der Waals surface area contributed by atoms with Gasteiger partial charge < -0.3 is 21.8 Å². The summed E-state index contributed by atoms with van der Waals surface area (Å²) >= 11 is 0. The van der Waals surface area contributed by atoms with Gasteiger partial charge in [-0.25, -0.2) is 4.98 Å². The van der Waals surface area contributed by atoms with Crippen LogP contribution in [0.1, 0.15) is 6.42 Å². The highest BCUT2D eigenvalue weighted by molar-refractivity contribution is 5.80. The molecule has 0 atom stereocenters. The lowest BCUT2D eigenvalue weighted by Crippen LogP contribution is -2.16. The van der Waals surface area contributed by atoms with Crippen molar-refractivity contribution in [2.75, 3.05) is 17.6 Å². The lowest BCUT2D eigenvalue weighted by Gasteiger charge is -1.98. The van der Waals surface area contributed by atoms with E-state index in [0.717, 1.165) is 11.0 Å². The number of aromatic nitrogens is 2. The fourth-order valence-corrected chi connectivity index (χ4v) is 1.42. The molecule has 2 aromatic rings. The Labute approximate surface area is 92.0 Å². The first kappa shape index (κ1) is 10.3. The Hall–Kier alpha value is -2.24. The number of hydrogen-bond acceptors (Lipinski definition) is 4. The Morgan fingerprint density at radius 3 is 3.06 bits per heavy atom. The number of nitrogens with two attached hydrogens (primary N) is 2. The van der Waals surface area contributed by atoms with Crippen molar-refractivity contribution in [1.82, 2.24) is 9.97 Å². The van der Waals surface area contributed by atoms with Gasteiger partial charge in [0.25, 0.3) is 0 Å². The molecule has 0 fully saturated rings. The summed E-state index contributed by atoms with van der Waals surface area (Å²) in [6.45, 7) is 0.463. The molecule has 6 heteroatoms. The summed E-state index contributed by atoms with van der Waals surface area (Å²) in [4.78, 5) is 17.9. The number of benzene rings is 1. The second kappa shape index (κ2) is 4.09. The van der Waals surface area contributed by atoms with E-state index in [1.165, 1.54) is 0 Å². The predicted octanol–water partition coefficient (Wildman–Crippen LogP) is 0.432.